The molecule has 0 radical (unpaired) electrons. The van der Waals surface area contributed by atoms with Gasteiger partial charge in [0, 0.05) is 12.4 Å². The molecule has 5 nitrogen and oxygen atoms in total. The molecule has 1 aromatic carbocycles. The minimum Gasteiger partial charge on any atom is -0.495 e. The second kappa shape index (κ2) is 6.02. The van der Waals surface area contributed by atoms with E-state index in [2.05, 4.69) is 4.98 Å². The third kappa shape index (κ3) is 2.81. The number of amides is 1. The van der Waals surface area contributed by atoms with Crippen LogP contribution in [0.5, 0.6) is 5.75 Å². The Labute approximate surface area is 122 Å². The van der Waals surface area contributed by atoms with Crippen molar-refractivity contribution in [3.8, 4) is 5.75 Å². The summed E-state index contributed by atoms with van der Waals surface area (Å²) in [5.41, 5.74) is 6.87. The lowest BCUT2D eigenvalue weighted by atomic mass is 10.2. The van der Waals surface area contributed by atoms with Crippen molar-refractivity contribution in [2.24, 2.45) is 5.73 Å². The monoisotopic (exact) mass is 291 g/mol. The van der Waals surface area contributed by atoms with Gasteiger partial charge in [0.25, 0.3) is 5.91 Å². The Balaban J connectivity index is 2.27. The van der Waals surface area contributed by atoms with Crippen molar-refractivity contribution in [1.82, 2.24) is 4.98 Å². The van der Waals surface area contributed by atoms with Crippen LogP contribution in [0.3, 0.4) is 0 Å². The van der Waals surface area contributed by atoms with Gasteiger partial charge < -0.3 is 15.4 Å². The van der Waals surface area contributed by atoms with E-state index in [-0.39, 0.29) is 11.9 Å². The Kier molecular flexibility index (Phi) is 4.36. The van der Waals surface area contributed by atoms with Crippen LogP contribution in [0.25, 0.3) is 0 Å². The van der Waals surface area contributed by atoms with Gasteiger partial charge in [0.05, 0.1) is 18.8 Å². The number of nitrogens with two attached hydrogens (primary N) is 1. The Bertz CT molecular complexity index is 610. The van der Waals surface area contributed by atoms with E-state index in [0.717, 1.165) is 5.01 Å². The molecule has 6 heteroatoms. The van der Waals surface area contributed by atoms with Crippen LogP contribution in [0.1, 0.15) is 28.5 Å². The van der Waals surface area contributed by atoms with E-state index >= 15 is 0 Å². The maximum Gasteiger partial charge on any atom is 0.277 e. The standard InChI is InChI=1S/C14H17N3O2S/c1-9(15)13-16-10(8-20-13)14(18)17(2)11-6-4-5-7-12(11)19-3/h4-9H,15H2,1-3H3. The van der Waals surface area contributed by atoms with Gasteiger partial charge >= 0.3 is 0 Å². The van der Waals surface area contributed by atoms with Gasteiger partial charge in [-0.2, -0.15) is 0 Å². The fourth-order valence-electron chi connectivity index (χ4n) is 1.78. The van der Waals surface area contributed by atoms with Gasteiger partial charge in [-0.15, -0.1) is 11.3 Å². The van der Waals surface area contributed by atoms with Gasteiger partial charge in [-0.1, -0.05) is 12.1 Å². The van der Waals surface area contributed by atoms with Crippen molar-refractivity contribution in [2.45, 2.75) is 13.0 Å². The van der Waals surface area contributed by atoms with Crippen LogP contribution in [0.2, 0.25) is 0 Å². The van der Waals surface area contributed by atoms with E-state index in [0.29, 0.717) is 17.1 Å². The highest BCUT2D eigenvalue weighted by Gasteiger charge is 2.20. The normalized spacial score (nSPS) is 12.0. The summed E-state index contributed by atoms with van der Waals surface area (Å²) in [7, 11) is 3.28. The number of hydrogen-bond acceptors (Lipinski definition) is 5. The summed E-state index contributed by atoms with van der Waals surface area (Å²) in [5.74, 6) is 0.462. The molecule has 106 valence electrons. The fourth-order valence-corrected chi connectivity index (χ4v) is 2.53. The number of rotatable bonds is 4. The van der Waals surface area contributed by atoms with Gasteiger partial charge in [-0.25, -0.2) is 4.98 Å². The van der Waals surface area contributed by atoms with Crippen LogP contribution in [0.4, 0.5) is 5.69 Å². The summed E-state index contributed by atoms with van der Waals surface area (Å²) in [6, 6.07) is 7.19. The molecule has 0 fully saturated rings. The van der Waals surface area contributed by atoms with Gasteiger partial charge in [0.15, 0.2) is 0 Å². The van der Waals surface area contributed by atoms with Gasteiger partial charge in [-0.3, -0.25) is 4.79 Å². The summed E-state index contributed by atoms with van der Waals surface area (Å²) >= 11 is 1.39. The molecule has 0 aliphatic rings. The lowest BCUT2D eigenvalue weighted by Gasteiger charge is -2.18. The average molecular weight is 291 g/mol. The molecule has 1 atom stereocenters. The number of para-hydroxylation sites is 2. The van der Waals surface area contributed by atoms with Crippen LogP contribution in [-0.2, 0) is 0 Å². The molecule has 2 aromatic rings. The van der Waals surface area contributed by atoms with E-state index in [4.69, 9.17) is 10.5 Å². The zero-order valence-electron chi connectivity index (χ0n) is 11.7. The summed E-state index contributed by atoms with van der Waals surface area (Å²) in [4.78, 5) is 18.2. The number of thiazole rings is 1. The van der Waals surface area contributed by atoms with Crippen molar-refractivity contribution < 1.29 is 9.53 Å². The molecular formula is C14H17N3O2S. The first-order valence-electron chi connectivity index (χ1n) is 6.16. The van der Waals surface area contributed by atoms with Crippen LogP contribution in [0, 0.1) is 0 Å². The predicted molar refractivity (Wildman–Crippen MR) is 80.4 cm³/mol. The third-order valence-corrected chi connectivity index (χ3v) is 3.93. The first-order chi connectivity index (χ1) is 9.54. The van der Waals surface area contributed by atoms with Crippen LogP contribution in [-0.4, -0.2) is 25.0 Å². The highest BCUT2D eigenvalue weighted by molar-refractivity contribution is 7.09. The molecule has 1 unspecified atom stereocenters. The molecule has 0 spiro atoms. The van der Waals surface area contributed by atoms with Crippen molar-refractivity contribution in [2.75, 3.05) is 19.1 Å². The lowest BCUT2D eigenvalue weighted by molar-refractivity contribution is 0.0988. The Morgan fingerprint density at radius 3 is 2.75 bits per heavy atom. The zero-order valence-corrected chi connectivity index (χ0v) is 12.5. The largest absolute Gasteiger partial charge is 0.495 e. The Hall–Kier alpha value is -1.92. The summed E-state index contributed by atoms with van der Waals surface area (Å²) < 4.78 is 5.26. The molecule has 20 heavy (non-hydrogen) atoms. The average Bonchev–Trinajstić information content (AvgIpc) is 2.95. The number of methoxy groups -OCH3 is 1. The molecule has 1 aromatic heterocycles. The molecular weight excluding hydrogens is 274 g/mol. The van der Waals surface area contributed by atoms with Gasteiger partial charge in [0.2, 0.25) is 0 Å². The molecule has 0 aliphatic heterocycles. The molecule has 0 aliphatic carbocycles. The number of benzene rings is 1. The first kappa shape index (κ1) is 14.5. The molecule has 1 amide bonds. The third-order valence-electron chi connectivity index (χ3n) is 2.88. The lowest BCUT2D eigenvalue weighted by Crippen LogP contribution is -2.27. The second-order valence-electron chi connectivity index (χ2n) is 4.40. The van der Waals surface area contributed by atoms with Crippen molar-refractivity contribution in [3.63, 3.8) is 0 Å². The minimum atomic E-state index is -0.183. The zero-order chi connectivity index (χ0) is 14.7. The highest BCUT2D eigenvalue weighted by Crippen LogP contribution is 2.28. The summed E-state index contributed by atoms with van der Waals surface area (Å²) in [6.07, 6.45) is 0. The van der Waals surface area contributed by atoms with Gasteiger partial charge in [0.1, 0.15) is 16.5 Å². The number of carbonyl (C=O) groups excluding carboxylic acids is 1. The van der Waals surface area contributed by atoms with E-state index in [1.165, 1.54) is 16.2 Å². The second-order valence-corrected chi connectivity index (χ2v) is 5.29. The number of carbonyl (C=O) groups is 1. The number of aromatic nitrogens is 1. The summed E-state index contributed by atoms with van der Waals surface area (Å²) in [6.45, 7) is 1.84. The molecule has 2 rings (SSSR count). The molecule has 0 bridgehead atoms. The Morgan fingerprint density at radius 2 is 2.15 bits per heavy atom. The number of anilines is 1. The summed E-state index contributed by atoms with van der Waals surface area (Å²) in [5, 5.41) is 2.48. The SMILES string of the molecule is COc1ccccc1N(C)C(=O)c1csc(C(C)N)n1. The minimum absolute atomic E-state index is 0.168. The van der Waals surface area contributed by atoms with Crippen molar-refractivity contribution in [1.29, 1.82) is 0 Å². The van der Waals surface area contributed by atoms with E-state index < -0.39 is 0 Å². The van der Waals surface area contributed by atoms with Crippen molar-refractivity contribution >= 4 is 22.9 Å². The topological polar surface area (TPSA) is 68.5 Å². The fraction of sp³-hybridized carbons (Fsp3) is 0.286. The molecule has 0 saturated carbocycles. The maximum absolute atomic E-state index is 12.4. The van der Waals surface area contributed by atoms with E-state index in [1.807, 2.05) is 31.2 Å². The van der Waals surface area contributed by atoms with Crippen molar-refractivity contribution in [3.05, 3.63) is 40.3 Å². The Morgan fingerprint density at radius 1 is 1.45 bits per heavy atom. The molecule has 2 N–H and O–H groups in total. The highest BCUT2D eigenvalue weighted by atomic mass is 32.1. The number of hydrogen-bond donors (Lipinski definition) is 1. The van der Waals surface area contributed by atoms with Crippen LogP contribution >= 0.6 is 11.3 Å². The number of nitrogens with zero attached hydrogens (tertiary/aromatic N) is 2. The molecule has 1 heterocycles. The molecule has 0 saturated heterocycles. The quantitative estimate of drug-likeness (QED) is 0.939. The smallest absolute Gasteiger partial charge is 0.277 e. The first-order valence-corrected chi connectivity index (χ1v) is 7.04. The maximum atomic E-state index is 12.4. The van der Waals surface area contributed by atoms with Crippen LogP contribution < -0.4 is 15.4 Å². The van der Waals surface area contributed by atoms with Gasteiger partial charge in [-0.05, 0) is 19.1 Å². The van der Waals surface area contributed by atoms with Crippen LogP contribution in [0.15, 0.2) is 29.6 Å². The predicted octanol–water partition coefficient (Wildman–Crippen LogP) is 2.45. The number of ether oxygens (including phenoxy) is 1. The van der Waals surface area contributed by atoms with E-state index in [1.54, 1.807) is 19.5 Å². The van der Waals surface area contributed by atoms with E-state index in [9.17, 15) is 4.79 Å².